The number of aliphatic hydroxyl groups is 1. The summed E-state index contributed by atoms with van der Waals surface area (Å²) in [4.78, 5) is 2.33. The van der Waals surface area contributed by atoms with Gasteiger partial charge in [-0.25, -0.2) is 0 Å². The van der Waals surface area contributed by atoms with E-state index < -0.39 is 0 Å². The highest BCUT2D eigenvalue weighted by atomic mass is 16.5. The summed E-state index contributed by atoms with van der Waals surface area (Å²) in [6.45, 7) is 10.7. The van der Waals surface area contributed by atoms with Gasteiger partial charge in [0.05, 0.1) is 25.9 Å². The normalized spacial score (nSPS) is 26.6. The van der Waals surface area contributed by atoms with Crippen LogP contribution in [0.3, 0.4) is 0 Å². The van der Waals surface area contributed by atoms with Gasteiger partial charge in [0, 0.05) is 25.7 Å². The number of ether oxygens (including phenoxy) is 2. The van der Waals surface area contributed by atoms with Gasteiger partial charge in [-0.3, -0.25) is 4.90 Å². The van der Waals surface area contributed by atoms with E-state index in [-0.39, 0.29) is 12.7 Å². The molecule has 17 heavy (non-hydrogen) atoms. The monoisotopic (exact) mass is 245 g/mol. The molecule has 1 saturated heterocycles. The van der Waals surface area contributed by atoms with Crippen molar-refractivity contribution in [2.24, 2.45) is 5.92 Å². The van der Waals surface area contributed by atoms with Crippen molar-refractivity contribution in [3.05, 3.63) is 0 Å². The Balaban J connectivity index is 2.12. The smallest absolute Gasteiger partial charge is 0.0933 e. The summed E-state index contributed by atoms with van der Waals surface area (Å²) in [6.07, 6.45) is 1.10. The summed E-state index contributed by atoms with van der Waals surface area (Å²) in [5.74, 6) is 0.705. The Kier molecular flexibility index (Phi) is 7.04. The molecule has 1 aliphatic rings. The van der Waals surface area contributed by atoms with Gasteiger partial charge in [-0.05, 0) is 19.3 Å². The maximum absolute atomic E-state index is 9.08. The number of hydrogen-bond donors (Lipinski definition) is 1. The number of rotatable bonds is 7. The average Bonchev–Trinajstić information content (AvgIpc) is 2.30. The molecule has 0 radical (unpaired) electrons. The van der Waals surface area contributed by atoms with E-state index in [0.29, 0.717) is 18.6 Å². The van der Waals surface area contributed by atoms with Crippen molar-refractivity contribution in [3.8, 4) is 0 Å². The predicted octanol–water partition coefficient (Wildman–Crippen LogP) is 1.13. The van der Waals surface area contributed by atoms with Crippen LogP contribution in [0.2, 0.25) is 0 Å². The second-order valence-electron chi connectivity index (χ2n) is 5.28. The Bertz CT molecular complexity index is 199. The second kappa shape index (κ2) is 8.03. The lowest BCUT2D eigenvalue weighted by Crippen LogP contribution is -2.50. The SMILES string of the molecule is CC(C)CCOCCN1CC(CO)OCC1C. The zero-order chi connectivity index (χ0) is 12.7. The molecule has 1 N–H and O–H groups in total. The molecular formula is C13H27NO3. The summed E-state index contributed by atoms with van der Waals surface area (Å²) in [7, 11) is 0. The molecule has 0 aliphatic carbocycles. The second-order valence-corrected chi connectivity index (χ2v) is 5.28. The van der Waals surface area contributed by atoms with E-state index >= 15 is 0 Å². The first kappa shape index (κ1) is 14.9. The van der Waals surface area contributed by atoms with Crippen molar-refractivity contribution < 1.29 is 14.6 Å². The molecule has 0 saturated carbocycles. The van der Waals surface area contributed by atoms with E-state index in [0.717, 1.165) is 32.7 Å². The summed E-state index contributed by atoms with van der Waals surface area (Å²) in [5, 5.41) is 9.08. The van der Waals surface area contributed by atoms with Crippen molar-refractivity contribution in [1.29, 1.82) is 0 Å². The van der Waals surface area contributed by atoms with Crippen molar-refractivity contribution >= 4 is 0 Å². The first-order chi connectivity index (χ1) is 8.13. The summed E-state index contributed by atoms with van der Waals surface area (Å²) >= 11 is 0. The minimum absolute atomic E-state index is 0.0261. The third kappa shape index (κ3) is 5.82. The molecule has 0 aromatic rings. The van der Waals surface area contributed by atoms with Crippen LogP contribution in [0.15, 0.2) is 0 Å². The molecule has 0 spiro atoms. The largest absolute Gasteiger partial charge is 0.394 e. The number of hydrogen-bond acceptors (Lipinski definition) is 4. The molecular weight excluding hydrogens is 218 g/mol. The van der Waals surface area contributed by atoms with Crippen LogP contribution in [0.1, 0.15) is 27.2 Å². The van der Waals surface area contributed by atoms with E-state index in [2.05, 4.69) is 25.7 Å². The minimum Gasteiger partial charge on any atom is -0.394 e. The highest BCUT2D eigenvalue weighted by molar-refractivity contribution is 4.76. The van der Waals surface area contributed by atoms with Crippen molar-refractivity contribution in [3.63, 3.8) is 0 Å². The maximum atomic E-state index is 9.08. The van der Waals surface area contributed by atoms with Crippen LogP contribution in [0.25, 0.3) is 0 Å². The van der Waals surface area contributed by atoms with Gasteiger partial charge in [0.15, 0.2) is 0 Å². The van der Waals surface area contributed by atoms with Crippen LogP contribution >= 0.6 is 0 Å². The first-order valence-corrected chi connectivity index (χ1v) is 6.67. The molecule has 2 atom stereocenters. The lowest BCUT2D eigenvalue weighted by Gasteiger charge is -2.37. The van der Waals surface area contributed by atoms with Crippen LogP contribution < -0.4 is 0 Å². The summed E-state index contributed by atoms with van der Waals surface area (Å²) in [5.41, 5.74) is 0. The van der Waals surface area contributed by atoms with Crippen LogP contribution in [0, 0.1) is 5.92 Å². The average molecular weight is 245 g/mol. The number of morpholine rings is 1. The maximum Gasteiger partial charge on any atom is 0.0933 e. The van der Waals surface area contributed by atoms with Crippen LogP contribution in [-0.4, -0.2) is 61.7 Å². The zero-order valence-electron chi connectivity index (χ0n) is 11.4. The molecule has 4 nitrogen and oxygen atoms in total. The van der Waals surface area contributed by atoms with Crippen LogP contribution in [0.4, 0.5) is 0 Å². The van der Waals surface area contributed by atoms with E-state index in [1.54, 1.807) is 0 Å². The third-order valence-electron chi connectivity index (χ3n) is 3.20. The fraction of sp³-hybridized carbons (Fsp3) is 1.00. The highest BCUT2D eigenvalue weighted by Crippen LogP contribution is 2.10. The van der Waals surface area contributed by atoms with Crippen LogP contribution in [-0.2, 0) is 9.47 Å². The van der Waals surface area contributed by atoms with E-state index in [4.69, 9.17) is 14.6 Å². The van der Waals surface area contributed by atoms with Gasteiger partial charge in [0.2, 0.25) is 0 Å². The molecule has 102 valence electrons. The standard InChI is InChI=1S/C13H27NO3/c1-11(2)4-6-16-7-5-14-8-13(9-15)17-10-12(14)3/h11-13,15H,4-10H2,1-3H3. The summed E-state index contributed by atoms with van der Waals surface area (Å²) in [6, 6.07) is 0.423. The van der Waals surface area contributed by atoms with Crippen molar-refractivity contribution in [2.75, 3.05) is 39.5 Å². The molecule has 0 aromatic heterocycles. The topological polar surface area (TPSA) is 41.9 Å². The van der Waals surface area contributed by atoms with Gasteiger partial charge in [0.25, 0.3) is 0 Å². The number of aliphatic hydroxyl groups excluding tert-OH is 1. The molecule has 1 heterocycles. The van der Waals surface area contributed by atoms with Gasteiger partial charge in [-0.1, -0.05) is 13.8 Å². The Morgan fingerprint density at radius 1 is 1.41 bits per heavy atom. The Labute approximate surface area is 105 Å². The molecule has 1 aliphatic heterocycles. The molecule has 0 bridgehead atoms. The minimum atomic E-state index is -0.0261. The van der Waals surface area contributed by atoms with Gasteiger partial charge in [-0.2, -0.15) is 0 Å². The first-order valence-electron chi connectivity index (χ1n) is 6.67. The molecule has 1 rings (SSSR count). The fourth-order valence-corrected chi connectivity index (χ4v) is 1.90. The van der Waals surface area contributed by atoms with E-state index in [1.165, 1.54) is 0 Å². The van der Waals surface area contributed by atoms with Gasteiger partial charge >= 0.3 is 0 Å². The Hall–Kier alpha value is -0.160. The van der Waals surface area contributed by atoms with Crippen LogP contribution in [0.5, 0.6) is 0 Å². The third-order valence-corrected chi connectivity index (χ3v) is 3.20. The quantitative estimate of drug-likeness (QED) is 0.683. The molecule has 0 aromatic carbocycles. The molecule has 0 amide bonds. The van der Waals surface area contributed by atoms with E-state index in [9.17, 15) is 0 Å². The predicted molar refractivity (Wildman–Crippen MR) is 68.1 cm³/mol. The molecule has 2 unspecified atom stereocenters. The molecule has 4 heteroatoms. The van der Waals surface area contributed by atoms with Crippen molar-refractivity contribution in [1.82, 2.24) is 4.90 Å². The number of nitrogens with zero attached hydrogens (tertiary/aromatic N) is 1. The lowest BCUT2D eigenvalue weighted by atomic mass is 10.1. The Morgan fingerprint density at radius 2 is 2.18 bits per heavy atom. The summed E-state index contributed by atoms with van der Waals surface area (Å²) < 4.78 is 11.1. The van der Waals surface area contributed by atoms with Gasteiger partial charge in [-0.15, -0.1) is 0 Å². The van der Waals surface area contributed by atoms with E-state index in [1.807, 2.05) is 0 Å². The highest BCUT2D eigenvalue weighted by Gasteiger charge is 2.24. The molecule has 1 fully saturated rings. The van der Waals surface area contributed by atoms with Gasteiger partial charge in [0.1, 0.15) is 0 Å². The lowest BCUT2D eigenvalue weighted by molar-refractivity contribution is -0.0830. The Morgan fingerprint density at radius 3 is 2.82 bits per heavy atom. The van der Waals surface area contributed by atoms with Crippen molar-refractivity contribution in [2.45, 2.75) is 39.3 Å². The zero-order valence-corrected chi connectivity index (χ0v) is 11.4. The van der Waals surface area contributed by atoms with Gasteiger partial charge < -0.3 is 14.6 Å². The fourth-order valence-electron chi connectivity index (χ4n) is 1.90.